The summed E-state index contributed by atoms with van der Waals surface area (Å²) in [5, 5.41) is 7.36. The number of aromatic nitrogens is 2. The van der Waals surface area contributed by atoms with Gasteiger partial charge in [-0.3, -0.25) is 0 Å². The minimum atomic E-state index is -0.276. The second-order valence-corrected chi connectivity index (χ2v) is 5.76. The minimum absolute atomic E-state index is 0.250. The number of hydrogen-bond acceptors (Lipinski definition) is 4. The highest BCUT2D eigenvalue weighted by Crippen LogP contribution is 2.33. The Morgan fingerprint density at radius 1 is 1.24 bits per heavy atom. The molecule has 1 aliphatic rings. The molecule has 1 fully saturated rings. The quantitative estimate of drug-likeness (QED) is 0.940. The van der Waals surface area contributed by atoms with Crippen LogP contribution < -0.4 is 5.32 Å². The minimum Gasteiger partial charge on any atom is -0.339 e. The second-order valence-electron chi connectivity index (χ2n) is 5.76. The standard InChI is InChI=1S/C16H20FN3O/c1-10-7-11(9-12(17)8-10)15-19-16(21-20-15)13-5-3-4-6-14(13)18-2/h7-9,13-14,18H,3-6H2,1-2H3. The third-order valence-corrected chi connectivity index (χ3v) is 4.20. The van der Waals surface area contributed by atoms with Crippen molar-refractivity contribution in [2.75, 3.05) is 7.05 Å². The summed E-state index contributed by atoms with van der Waals surface area (Å²) >= 11 is 0. The fourth-order valence-electron chi connectivity index (χ4n) is 3.14. The molecule has 1 aliphatic carbocycles. The Morgan fingerprint density at radius 3 is 2.81 bits per heavy atom. The molecule has 4 nitrogen and oxygen atoms in total. The van der Waals surface area contributed by atoms with Gasteiger partial charge in [-0.1, -0.05) is 18.0 Å². The molecule has 0 amide bonds. The number of benzene rings is 1. The number of nitrogens with one attached hydrogen (secondary N) is 1. The van der Waals surface area contributed by atoms with Crippen molar-refractivity contribution in [3.8, 4) is 11.4 Å². The average molecular weight is 289 g/mol. The van der Waals surface area contributed by atoms with E-state index in [9.17, 15) is 4.39 Å². The van der Waals surface area contributed by atoms with Crippen molar-refractivity contribution in [1.29, 1.82) is 0 Å². The zero-order valence-corrected chi connectivity index (χ0v) is 12.4. The Hall–Kier alpha value is -1.75. The van der Waals surface area contributed by atoms with E-state index in [0.29, 0.717) is 23.3 Å². The third-order valence-electron chi connectivity index (χ3n) is 4.20. The first kappa shape index (κ1) is 14.2. The van der Waals surface area contributed by atoms with Crippen molar-refractivity contribution < 1.29 is 8.91 Å². The molecule has 0 spiro atoms. The van der Waals surface area contributed by atoms with E-state index < -0.39 is 0 Å². The van der Waals surface area contributed by atoms with E-state index in [4.69, 9.17) is 4.52 Å². The van der Waals surface area contributed by atoms with Crippen molar-refractivity contribution in [1.82, 2.24) is 15.5 Å². The molecule has 5 heteroatoms. The Kier molecular flexibility index (Phi) is 4.01. The van der Waals surface area contributed by atoms with E-state index in [1.54, 1.807) is 0 Å². The molecule has 1 saturated carbocycles. The Balaban J connectivity index is 1.88. The van der Waals surface area contributed by atoms with E-state index in [1.165, 1.54) is 25.0 Å². The largest absolute Gasteiger partial charge is 0.339 e. The molecule has 1 heterocycles. The molecular formula is C16H20FN3O. The molecule has 0 saturated heterocycles. The first-order valence-electron chi connectivity index (χ1n) is 7.46. The highest BCUT2D eigenvalue weighted by atomic mass is 19.1. The van der Waals surface area contributed by atoms with Gasteiger partial charge in [0, 0.05) is 11.6 Å². The van der Waals surface area contributed by atoms with Crippen molar-refractivity contribution in [2.45, 2.75) is 44.6 Å². The number of nitrogens with zero attached hydrogens (tertiary/aromatic N) is 2. The van der Waals surface area contributed by atoms with Crippen molar-refractivity contribution >= 4 is 0 Å². The number of hydrogen-bond donors (Lipinski definition) is 1. The summed E-state index contributed by atoms with van der Waals surface area (Å²) in [4.78, 5) is 4.50. The van der Waals surface area contributed by atoms with Gasteiger partial charge >= 0.3 is 0 Å². The molecule has 0 bridgehead atoms. The molecule has 1 aromatic heterocycles. The predicted molar refractivity (Wildman–Crippen MR) is 78.5 cm³/mol. The number of halogens is 1. The summed E-state index contributed by atoms with van der Waals surface area (Å²) in [7, 11) is 1.97. The molecule has 2 unspecified atom stereocenters. The Bertz CT molecular complexity index is 605. The number of aryl methyl sites for hydroxylation is 1. The molecular weight excluding hydrogens is 269 g/mol. The SMILES string of the molecule is CNC1CCCCC1c1nc(-c2cc(C)cc(F)c2)no1. The topological polar surface area (TPSA) is 51.0 Å². The van der Waals surface area contributed by atoms with Gasteiger partial charge in [0.25, 0.3) is 0 Å². The highest BCUT2D eigenvalue weighted by Gasteiger charge is 2.30. The van der Waals surface area contributed by atoms with Crippen molar-refractivity contribution in [3.05, 3.63) is 35.5 Å². The van der Waals surface area contributed by atoms with Crippen molar-refractivity contribution in [2.24, 2.45) is 0 Å². The maximum atomic E-state index is 13.5. The first-order valence-corrected chi connectivity index (χ1v) is 7.46. The lowest BCUT2D eigenvalue weighted by molar-refractivity contribution is 0.270. The maximum Gasteiger partial charge on any atom is 0.231 e. The zero-order valence-electron chi connectivity index (χ0n) is 12.4. The van der Waals surface area contributed by atoms with Crippen LogP contribution in [0.25, 0.3) is 11.4 Å². The lowest BCUT2D eigenvalue weighted by atomic mass is 9.84. The smallest absolute Gasteiger partial charge is 0.231 e. The van der Waals surface area contributed by atoms with Crippen LogP contribution in [0, 0.1) is 12.7 Å². The highest BCUT2D eigenvalue weighted by molar-refractivity contribution is 5.55. The van der Waals surface area contributed by atoms with Crippen molar-refractivity contribution in [3.63, 3.8) is 0 Å². The molecule has 2 aromatic rings. The lowest BCUT2D eigenvalue weighted by Gasteiger charge is -2.28. The van der Waals surface area contributed by atoms with Crippen LogP contribution in [0.5, 0.6) is 0 Å². The van der Waals surface area contributed by atoms with Gasteiger partial charge in [0.1, 0.15) is 5.82 Å². The maximum absolute atomic E-state index is 13.5. The van der Waals surface area contributed by atoms with Crippen LogP contribution in [-0.4, -0.2) is 23.2 Å². The van der Waals surface area contributed by atoms with Crippen LogP contribution in [-0.2, 0) is 0 Å². The van der Waals surface area contributed by atoms with Gasteiger partial charge in [0.15, 0.2) is 0 Å². The van der Waals surface area contributed by atoms with Crippen LogP contribution in [0.4, 0.5) is 4.39 Å². The zero-order chi connectivity index (χ0) is 14.8. The van der Waals surface area contributed by atoms with Gasteiger partial charge in [0.2, 0.25) is 11.7 Å². The first-order chi connectivity index (χ1) is 10.2. The summed E-state index contributed by atoms with van der Waals surface area (Å²) < 4.78 is 18.9. The van der Waals surface area contributed by atoms with Gasteiger partial charge in [-0.2, -0.15) is 4.98 Å². The van der Waals surface area contributed by atoms with E-state index in [2.05, 4.69) is 15.5 Å². The van der Waals surface area contributed by atoms with Gasteiger partial charge in [0.05, 0.1) is 5.92 Å². The van der Waals surface area contributed by atoms with Crippen LogP contribution in [0.1, 0.15) is 43.1 Å². The fraction of sp³-hybridized carbons (Fsp3) is 0.500. The molecule has 21 heavy (non-hydrogen) atoms. The molecule has 1 N–H and O–H groups in total. The fourth-order valence-corrected chi connectivity index (χ4v) is 3.14. The molecule has 112 valence electrons. The van der Waals surface area contributed by atoms with E-state index >= 15 is 0 Å². The summed E-state index contributed by atoms with van der Waals surface area (Å²) in [6, 6.07) is 5.18. The summed E-state index contributed by atoms with van der Waals surface area (Å²) in [5.74, 6) is 1.10. The Labute approximate surface area is 123 Å². The lowest BCUT2D eigenvalue weighted by Crippen LogP contribution is -2.34. The van der Waals surface area contributed by atoms with E-state index in [1.807, 2.05) is 20.0 Å². The molecule has 2 atom stereocenters. The average Bonchev–Trinajstić information content (AvgIpc) is 2.96. The van der Waals surface area contributed by atoms with E-state index in [0.717, 1.165) is 18.4 Å². The van der Waals surface area contributed by atoms with Gasteiger partial charge in [-0.25, -0.2) is 4.39 Å². The summed E-state index contributed by atoms with van der Waals surface area (Å²) in [6.45, 7) is 1.85. The summed E-state index contributed by atoms with van der Waals surface area (Å²) in [5.41, 5.74) is 1.52. The molecule has 3 rings (SSSR count). The van der Waals surface area contributed by atoms with Crippen LogP contribution >= 0.6 is 0 Å². The number of likely N-dealkylation sites (N-methyl/N-ethyl adjacent to an activating group) is 1. The van der Waals surface area contributed by atoms with Gasteiger partial charge in [-0.05, 0) is 50.6 Å². The molecule has 1 aromatic carbocycles. The molecule has 0 radical (unpaired) electrons. The second kappa shape index (κ2) is 5.93. The monoisotopic (exact) mass is 289 g/mol. The van der Waals surface area contributed by atoms with Crippen LogP contribution in [0.2, 0.25) is 0 Å². The molecule has 0 aliphatic heterocycles. The number of rotatable bonds is 3. The van der Waals surface area contributed by atoms with Crippen LogP contribution in [0.15, 0.2) is 22.7 Å². The van der Waals surface area contributed by atoms with Gasteiger partial charge in [-0.15, -0.1) is 0 Å². The van der Waals surface area contributed by atoms with Gasteiger partial charge < -0.3 is 9.84 Å². The Morgan fingerprint density at radius 2 is 2.05 bits per heavy atom. The third kappa shape index (κ3) is 2.97. The predicted octanol–water partition coefficient (Wildman–Crippen LogP) is 3.43. The van der Waals surface area contributed by atoms with E-state index in [-0.39, 0.29) is 11.7 Å². The normalized spacial score (nSPS) is 22.4. The van der Waals surface area contributed by atoms with Crippen LogP contribution in [0.3, 0.4) is 0 Å². The summed E-state index contributed by atoms with van der Waals surface area (Å²) in [6.07, 6.45) is 4.58.